The number of carbonyl (C=O) groups is 1. The van der Waals surface area contributed by atoms with E-state index >= 15 is 0 Å². The number of rotatable bonds is 6. The van der Waals surface area contributed by atoms with E-state index in [1.165, 1.54) is 19.1 Å². The van der Waals surface area contributed by atoms with Crippen LogP contribution in [-0.4, -0.2) is 25.2 Å². The minimum absolute atomic E-state index is 0.0383. The van der Waals surface area contributed by atoms with Crippen molar-refractivity contribution in [3.63, 3.8) is 0 Å². The highest BCUT2D eigenvalue weighted by molar-refractivity contribution is 5.74. The first-order valence-corrected chi connectivity index (χ1v) is 5.90. The molecule has 0 fully saturated rings. The fourth-order valence-electron chi connectivity index (χ4n) is 1.46. The van der Waals surface area contributed by atoms with Crippen LogP contribution < -0.4 is 10.5 Å². The third-order valence-corrected chi connectivity index (χ3v) is 2.35. The van der Waals surface area contributed by atoms with Crippen molar-refractivity contribution < 1.29 is 18.7 Å². The Bertz CT molecular complexity index is 409. The van der Waals surface area contributed by atoms with Crippen molar-refractivity contribution in [1.82, 2.24) is 0 Å². The second-order valence-electron chi connectivity index (χ2n) is 3.82. The lowest BCUT2D eigenvalue weighted by atomic mass is 10.1. The summed E-state index contributed by atoms with van der Waals surface area (Å²) < 4.78 is 23.7. The first kappa shape index (κ1) is 14.4. The topological polar surface area (TPSA) is 61.5 Å². The summed E-state index contributed by atoms with van der Waals surface area (Å²) in [5, 5.41) is 0. The van der Waals surface area contributed by atoms with Gasteiger partial charge in [0.2, 0.25) is 0 Å². The van der Waals surface area contributed by atoms with E-state index in [2.05, 4.69) is 0 Å². The van der Waals surface area contributed by atoms with Gasteiger partial charge in [-0.3, -0.25) is 0 Å². The maximum atomic E-state index is 13.7. The van der Waals surface area contributed by atoms with Gasteiger partial charge in [-0.1, -0.05) is 6.07 Å². The molecule has 1 aromatic rings. The van der Waals surface area contributed by atoms with Gasteiger partial charge in [0, 0.05) is 0 Å². The molecule has 0 bridgehead atoms. The van der Waals surface area contributed by atoms with Crippen molar-refractivity contribution in [3.05, 3.63) is 29.6 Å². The van der Waals surface area contributed by atoms with Gasteiger partial charge in [-0.15, -0.1) is 0 Å². The molecular weight excluding hydrogens is 237 g/mol. The van der Waals surface area contributed by atoms with E-state index in [0.29, 0.717) is 13.0 Å². The van der Waals surface area contributed by atoms with E-state index in [1.54, 1.807) is 13.0 Å². The lowest BCUT2D eigenvalue weighted by molar-refractivity contribution is -0.150. The lowest BCUT2D eigenvalue weighted by Crippen LogP contribution is -2.26. The molecule has 0 aliphatic heterocycles. The number of esters is 1. The number of halogens is 1. The zero-order valence-electron chi connectivity index (χ0n) is 10.6. The van der Waals surface area contributed by atoms with Crippen LogP contribution in [0.1, 0.15) is 19.4 Å². The van der Waals surface area contributed by atoms with Gasteiger partial charge < -0.3 is 15.2 Å². The van der Waals surface area contributed by atoms with Gasteiger partial charge in [-0.25, -0.2) is 9.18 Å². The molecule has 0 saturated heterocycles. The van der Waals surface area contributed by atoms with Gasteiger partial charge >= 0.3 is 5.97 Å². The second-order valence-corrected chi connectivity index (χ2v) is 3.82. The average molecular weight is 255 g/mol. The molecule has 1 unspecified atom stereocenters. The van der Waals surface area contributed by atoms with E-state index in [-0.39, 0.29) is 12.4 Å². The summed E-state index contributed by atoms with van der Waals surface area (Å²) in [6.45, 7) is 3.95. The smallest absolute Gasteiger partial charge is 0.347 e. The molecule has 100 valence electrons. The van der Waals surface area contributed by atoms with Crippen molar-refractivity contribution in [1.29, 1.82) is 0 Å². The molecule has 1 rings (SSSR count). The summed E-state index contributed by atoms with van der Waals surface area (Å²) >= 11 is 0. The third-order valence-electron chi connectivity index (χ3n) is 2.35. The summed E-state index contributed by atoms with van der Waals surface area (Å²) in [7, 11) is 0. The summed E-state index contributed by atoms with van der Waals surface area (Å²) in [4.78, 5) is 11.3. The zero-order chi connectivity index (χ0) is 13.5. The van der Waals surface area contributed by atoms with E-state index in [0.717, 1.165) is 5.56 Å². The Hall–Kier alpha value is -1.62. The van der Waals surface area contributed by atoms with Crippen molar-refractivity contribution in [2.45, 2.75) is 26.4 Å². The molecule has 1 atom stereocenters. The van der Waals surface area contributed by atoms with Gasteiger partial charge in [0.1, 0.15) is 0 Å². The van der Waals surface area contributed by atoms with Gasteiger partial charge in [0.15, 0.2) is 17.7 Å². The second kappa shape index (κ2) is 6.96. The fraction of sp³-hybridized carbons (Fsp3) is 0.462. The van der Waals surface area contributed by atoms with Crippen LogP contribution in [0.4, 0.5) is 4.39 Å². The van der Waals surface area contributed by atoms with Crippen LogP contribution in [0.25, 0.3) is 0 Å². The quantitative estimate of drug-likeness (QED) is 0.785. The SMILES string of the molecule is CCOC(=O)C(C)Oc1ccc(CCN)cc1F. The number of nitrogens with two attached hydrogens (primary N) is 1. The number of hydrogen-bond donors (Lipinski definition) is 1. The van der Waals surface area contributed by atoms with Crippen LogP contribution in [-0.2, 0) is 16.0 Å². The molecule has 0 aliphatic rings. The van der Waals surface area contributed by atoms with E-state index in [4.69, 9.17) is 15.2 Å². The Balaban J connectivity index is 2.70. The molecular formula is C13H18FNO3. The monoisotopic (exact) mass is 255 g/mol. The van der Waals surface area contributed by atoms with E-state index in [1.807, 2.05) is 0 Å². The Morgan fingerprint density at radius 1 is 1.50 bits per heavy atom. The molecule has 0 saturated carbocycles. The summed E-state index contributed by atoms with van der Waals surface area (Å²) in [6, 6.07) is 4.58. The Morgan fingerprint density at radius 3 is 2.78 bits per heavy atom. The van der Waals surface area contributed by atoms with Crippen LogP contribution >= 0.6 is 0 Å². The maximum absolute atomic E-state index is 13.7. The van der Waals surface area contributed by atoms with Crippen LogP contribution in [0, 0.1) is 5.82 Å². The van der Waals surface area contributed by atoms with Crippen LogP contribution in [0.5, 0.6) is 5.75 Å². The Labute approximate surface area is 106 Å². The summed E-state index contributed by atoms with van der Waals surface area (Å²) in [5.41, 5.74) is 6.18. The zero-order valence-corrected chi connectivity index (χ0v) is 10.6. The first-order chi connectivity index (χ1) is 8.58. The molecule has 0 radical (unpaired) electrons. The molecule has 4 nitrogen and oxygen atoms in total. The van der Waals surface area contributed by atoms with Crippen molar-refractivity contribution in [2.24, 2.45) is 5.73 Å². The van der Waals surface area contributed by atoms with Crippen LogP contribution in [0.3, 0.4) is 0 Å². The molecule has 5 heteroatoms. The summed E-state index contributed by atoms with van der Waals surface area (Å²) in [6.07, 6.45) is -0.232. The van der Waals surface area contributed by atoms with Crippen molar-refractivity contribution in [2.75, 3.05) is 13.2 Å². The standard InChI is InChI=1S/C13H18FNO3/c1-3-17-13(16)9(2)18-12-5-4-10(6-7-15)8-11(12)14/h4-5,8-9H,3,6-7,15H2,1-2H3. The molecule has 2 N–H and O–H groups in total. The Morgan fingerprint density at radius 2 is 2.22 bits per heavy atom. The molecule has 0 heterocycles. The third kappa shape index (κ3) is 4.00. The fourth-order valence-corrected chi connectivity index (χ4v) is 1.46. The number of carbonyl (C=O) groups excluding carboxylic acids is 1. The number of ether oxygens (including phenoxy) is 2. The predicted octanol–water partition coefficient (Wildman–Crippen LogP) is 1.66. The molecule has 18 heavy (non-hydrogen) atoms. The van der Waals surface area contributed by atoms with Gasteiger partial charge in [0.05, 0.1) is 6.61 Å². The minimum Gasteiger partial charge on any atom is -0.476 e. The van der Waals surface area contributed by atoms with E-state index in [9.17, 15) is 9.18 Å². The average Bonchev–Trinajstić information content (AvgIpc) is 2.33. The molecule has 0 spiro atoms. The largest absolute Gasteiger partial charge is 0.476 e. The van der Waals surface area contributed by atoms with Crippen LogP contribution in [0.2, 0.25) is 0 Å². The molecule has 0 amide bonds. The van der Waals surface area contributed by atoms with Crippen molar-refractivity contribution >= 4 is 5.97 Å². The predicted molar refractivity (Wildman–Crippen MR) is 65.9 cm³/mol. The number of benzene rings is 1. The van der Waals surface area contributed by atoms with Gasteiger partial charge in [-0.2, -0.15) is 0 Å². The lowest BCUT2D eigenvalue weighted by Gasteiger charge is -2.14. The Kier molecular flexibility index (Phi) is 5.58. The molecule has 0 aliphatic carbocycles. The minimum atomic E-state index is -0.834. The normalized spacial score (nSPS) is 12.0. The van der Waals surface area contributed by atoms with Crippen molar-refractivity contribution in [3.8, 4) is 5.75 Å². The van der Waals surface area contributed by atoms with Gasteiger partial charge in [0.25, 0.3) is 0 Å². The van der Waals surface area contributed by atoms with E-state index < -0.39 is 17.9 Å². The molecule has 0 aromatic heterocycles. The summed E-state index contributed by atoms with van der Waals surface area (Å²) in [5.74, 6) is -0.976. The highest BCUT2D eigenvalue weighted by atomic mass is 19.1. The first-order valence-electron chi connectivity index (χ1n) is 5.90. The highest BCUT2D eigenvalue weighted by Crippen LogP contribution is 2.20. The number of hydrogen-bond acceptors (Lipinski definition) is 4. The maximum Gasteiger partial charge on any atom is 0.347 e. The van der Waals surface area contributed by atoms with Gasteiger partial charge in [-0.05, 0) is 44.5 Å². The highest BCUT2D eigenvalue weighted by Gasteiger charge is 2.17. The van der Waals surface area contributed by atoms with Crippen LogP contribution in [0.15, 0.2) is 18.2 Å². The molecule has 1 aromatic carbocycles.